The number of nitrogens with one attached hydrogen (secondary N) is 2. The SMILES string of the molecule is CCOc1n[nH]c(NC(=O)c2ccc(C)nc2)n1. The third-order valence-electron chi connectivity index (χ3n) is 2.14. The molecule has 7 heteroatoms. The van der Waals surface area contributed by atoms with Gasteiger partial charge >= 0.3 is 6.01 Å². The Morgan fingerprint density at radius 1 is 1.50 bits per heavy atom. The molecule has 0 unspecified atom stereocenters. The third kappa shape index (κ3) is 2.82. The molecule has 2 heterocycles. The normalized spacial score (nSPS) is 10.1. The van der Waals surface area contributed by atoms with E-state index in [4.69, 9.17) is 4.74 Å². The molecule has 0 atom stereocenters. The van der Waals surface area contributed by atoms with Gasteiger partial charge in [0.05, 0.1) is 12.2 Å². The predicted octanol–water partition coefficient (Wildman–Crippen LogP) is 1.16. The summed E-state index contributed by atoms with van der Waals surface area (Å²) in [4.78, 5) is 19.8. The highest BCUT2D eigenvalue weighted by atomic mass is 16.5. The number of hydrogen-bond acceptors (Lipinski definition) is 5. The number of rotatable bonds is 4. The largest absolute Gasteiger partial charge is 0.463 e. The maximum absolute atomic E-state index is 11.8. The van der Waals surface area contributed by atoms with Gasteiger partial charge in [-0.05, 0) is 26.0 Å². The number of pyridine rings is 1. The van der Waals surface area contributed by atoms with Gasteiger partial charge in [0.25, 0.3) is 5.91 Å². The Labute approximate surface area is 104 Å². The molecule has 2 rings (SSSR count). The second kappa shape index (κ2) is 5.26. The van der Waals surface area contributed by atoms with Crippen LogP contribution in [0.3, 0.4) is 0 Å². The van der Waals surface area contributed by atoms with Crippen molar-refractivity contribution in [3.8, 4) is 6.01 Å². The smallest absolute Gasteiger partial charge is 0.337 e. The highest BCUT2D eigenvalue weighted by Crippen LogP contribution is 2.07. The molecular weight excluding hydrogens is 234 g/mol. The van der Waals surface area contributed by atoms with Crippen LogP contribution in [0.4, 0.5) is 5.95 Å². The lowest BCUT2D eigenvalue weighted by atomic mass is 10.2. The van der Waals surface area contributed by atoms with Crippen LogP contribution in [-0.2, 0) is 0 Å². The summed E-state index contributed by atoms with van der Waals surface area (Å²) in [6, 6.07) is 3.66. The Bertz CT molecular complexity index is 535. The first kappa shape index (κ1) is 12.0. The minimum absolute atomic E-state index is 0.204. The molecule has 0 saturated heterocycles. The van der Waals surface area contributed by atoms with E-state index in [0.717, 1.165) is 5.69 Å². The maximum Gasteiger partial charge on any atom is 0.337 e. The van der Waals surface area contributed by atoms with Crippen molar-refractivity contribution in [1.82, 2.24) is 20.2 Å². The van der Waals surface area contributed by atoms with Crippen LogP contribution in [0.25, 0.3) is 0 Å². The van der Waals surface area contributed by atoms with E-state index in [-0.39, 0.29) is 17.9 Å². The molecule has 0 bridgehead atoms. The summed E-state index contributed by atoms with van der Waals surface area (Å²) in [5.41, 5.74) is 1.31. The molecule has 0 aliphatic rings. The van der Waals surface area contributed by atoms with E-state index in [0.29, 0.717) is 12.2 Å². The minimum Gasteiger partial charge on any atom is -0.463 e. The average Bonchev–Trinajstić information content (AvgIpc) is 2.78. The first-order chi connectivity index (χ1) is 8.69. The number of aryl methyl sites for hydroxylation is 1. The molecule has 1 amide bonds. The molecule has 0 aromatic carbocycles. The Balaban J connectivity index is 2.04. The summed E-state index contributed by atoms with van der Waals surface area (Å²) < 4.78 is 5.07. The molecule has 94 valence electrons. The number of aromatic amines is 1. The van der Waals surface area contributed by atoms with Crippen molar-refractivity contribution in [2.75, 3.05) is 11.9 Å². The Hall–Kier alpha value is -2.44. The van der Waals surface area contributed by atoms with Crippen LogP contribution in [-0.4, -0.2) is 32.7 Å². The fourth-order valence-corrected chi connectivity index (χ4v) is 1.28. The highest BCUT2D eigenvalue weighted by molar-refractivity contribution is 6.03. The van der Waals surface area contributed by atoms with Gasteiger partial charge in [-0.3, -0.25) is 15.1 Å². The van der Waals surface area contributed by atoms with Crippen molar-refractivity contribution in [3.63, 3.8) is 0 Å². The van der Waals surface area contributed by atoms with Gasteiger partial charge in [-0.25, -0.2) is 5.10 Å². The minimum atomic E-state index is -0.304. The zero-order chi connectivity index (χ0) is 13.0. The molecule has 0 fully saturated rings. The van der Waals surface area contributed by atoms with Gasteiger partial charge in [0.1, 0.15) is 0 Å². The van der Waals surface area contributed by atoms with E-state index < -0.39 is 0 Å². The summed E-state index contributed by atoms with van der Waals surface area (Å²) in [6.45, 7) is 4.15. The van der Waals surface area contributed by atoms with Crippen LogP contribution < -0.4 is 10.1 Å². The number of aromatic nitrogens is 4. The molecule has 0 radical (unpaired) electrons. The molecular formula is C11H13N5O2. The summed E-state index contributed by atoms with van der Waals surface area (Å²) in [6.07, 6.45) is 1.50. The summed E-state index contributed by atoms with van der Waals surface area (Å²) in [5.74, 6) is -0.0641. The second-order valence-corrected chi connectivity index (χ2v) is 3.54. The van der Waals surface area contributed by atoms with Gasteiger partial charge < -0.3 is 4.74 Å². The Morgan fingerprint density at radius 2 is 2.33 bits per heavy atom. The molecule has 7 nitrogen and oxygen atoms in total. The van der Waals surface area contributed by atoms with Crippen molar-refractivity contribution < 1.29 is 9.53 Å². The lowest BCUT2D eigenvalue weighted by Gasteiger charge is -2.00. The lowest BCUT2D eigenvalue weighted by Crippen LogP contribution is -2.13. The van der Waals surface area contributed by atoms with Gasteiger partial charge in [-0.15, -0.1) is 5.10 Å². The van der Waals surface area contributed by atoms with Crippen molar-refractivity contribution in [1.29, 1.82) is 0 Å². The van der Waals surface area contributed by atoms with Gasteiger partial charge in [0, 0.05) is 11.9 Å². The van der Waals surface area contributed by atoms with E-state index >= 15 is 0 Å². The van der Waals surface area contributed by atoms with Gasteiger partial charge in [0.15, 0.2) is 0 Å². The number of hydrogen-bond donors (Lipinski definition) is 2. The van der Waals surface area contributed by atoms with Gasteiger partial charge in [-0.2, -0.15) is 4.98 Å². The number of carbonyl (C=O) groups excluding carboxylic acids is 1. The number of H-pyrrole nitrogens is 1. The zero-order valence-corrected chi connectivity index (χ0v) is 10.1. The maximum atomic E-state index is 11.8. The van der Waals surface area contributed by atoms with Gasteiger partial charge in [-0.1, -0.05) is 0 Å². The molecule has 2 aromatic rings. The van der Waals surface area contributed by atoms with Gasteiger partial charge in [0.2, 0.25) is 5.95 Å². The quantitative estimate of drug-likeness (QED) is 0.845. The monoisotopic (exact) mass is 247 g/mol. The number of anilines is 1. The van der Waals surface area contributed by atoms with Crippen molar-refractivity contribution in [3.05, 3.63) is 29.6 Å². The topological polar surface area (TPSA) is 92.8 Å². The Kier molecular flexibility index (Phi) is 3.52. The van der Waals surface area contributed by atoms with E-state index in [1.165, 1.54) is 6.20 Å². The highest BCUT2D eigenvalue weighted by Gasteiger charge is 2.09. The standard InChI is InChI=1S/C11H13N5O2/c1-3-18-11-14-10(15-16-11)13-9(17)8-5-4-7(2)12-6-8/h4-6H,3H2,1-2H3,(H2,13,14,15,16,17). The number of carbonyl (C=O) groups is 1. The molecule has 0 saturated carbocycles. The summed E-state index contributed by atoms with van der Waals surface area (Å²) in [7, 11) is 0. The van der Waals surface area contributed by atoms with Crippen LogP contribution in [0.15, 0.2) is 18.3 Å². The van der Waals surface area contributed by atoms with Crippen LogP contribution in [0, 0.1) is 6.92 Å². The molecule has 0 aliphatic heterocycles. The van der Waals surface area contributed by atoms with E-state index in [1.54, 1.807) is 12.1 Å². The van der Waals surface area contributed by atoms with Crippen molar-refractivity contribution >= 4 is 11.9 Å². The molecule has 2 aromatic heterocycles. The molecule has 2 N–H and O–H groups in total. The fraction of sp³-hybridized carbons (Fsp3) is 0.273. The predicted molar refractivity (Wildman–Crippen MR) is 64.5 cm³/mol. The Morgan fingerprint density at radius 3 is 3.00 bits per heavy atom. The second-order valence-electron chi connectivity index (χ2n) is 3.54. The lowest BCUT2D eigenvalue weighted by molar-refractivity contribution is 0.102. The molecule has 18 heavy (non-hydrogen) atoms. The van der Waals surface area contributed by atoms with E-state index in [9.17, 15) is 4.79 Å². The van der Waals surface area contributed by atoms with Crippen LogP contribution in [0.1, 0.15) is 23.0 Å². The third-order valence-corrected chi connectivity index (χ3v) is 2.14. The average molecular weight is 247 g/mol. The summed E-state index contributed by atoms with van der Waals surface area (Å²) in [5, 5.41) is 8.91. The van der Waals surface area contributed by atoms with E-state index in [2.05, 4.69) is 25.5 Å². The fourth-order valence-electron chi connectivity index (χ4n) is 1.28. The summed E-state index contributed by atoms with van der Waals surface area (Å²) >= 11 is 0. The number of amides is 1. The number of ether oxygens (including phenoxy) is 1. The molecule has 0 spiro atoms. The van der Waals surface area contributed by atoms with Crippen molar-refractivity contribution in [2.45, 2.75) is 13.8 Å². The van der Waals surface area contributed by atoms with Crippen LogP contribution in [0.2, 0.25) is 0 Å². The zero-order valence-electron chi connectivity index (χ0n) is 10.1. The first-order valence-electron chi connectivity index (χ1n) is 5.48. The van der Waals surface area contributed by atoms with Crippen LogP contribution in [0.5, 0.6) is 6.01 Å². The first-order valence-corrected chi connectivity index (χ1v) is 5.48. The van der Waals surface area contributed by atoms with E-state index in [1.807, 2.05) is 13.8 Å². The van der Waals surface area contributed by atoms with Crippen LogP contribution >= 0.6 is 0 Å². The molecule has 0 aliphatic carbocycles. The number of nitrogens with zero attached hydrogens (tertiary/aromatic N) is 3. The van der Waals surface area contributed by atoms with Crippen molar-refractivity contribution in [2.24, 2.45) is 0 Å².